The Morgan fingerprint density at radius 2 is 1.22 bits per heavy atom. The number of nitrogens with zero attached hydrogens (tertiary/aromatic N) is 2. The number of hydrogen-bond donors (Lipinski definition) is 2. The Balaban J connectivity index is 0.000000330. The number of halogens is 1. The van der Waals surface area contributed by atoms with Crippen molar-refractivity contribution in [1.82, 2.24) is 15.1 Å². The molecule has 2 aliphatic heterocycles. The number of nitrogens with two attached hydrogens (primary N) is 1. The normalized spacial score (nSPS) is 18.4. The van der Waals surface area contributed by atoms with Crippen LogP contribution in [0.4, 0.5) is 9.59 Å². The number of likely N-dealkylation sites (tertiary alicyclic amines) is 2. The molecular formula is C22H41ClN4O5. The molecule has 2 aliphatic rings. The molecule has 2 saturated heterocycles. The fourth-order valence-electron chi connectivity index (χ4n) is 3.21. The summed E-state index contributed by atoms with van der Waals surface area (Å²) in [4.78, 5) is 37.9. The lowest BCUT2D eigenvalue weighted by Gasteiger charge is -2.33. The molecule has 0 spiro atoms. The van der Waals surface area contributed by atoms with Gasteiger partial charge >= 0.3 is 12.2 Å². The first kappa shape index (κ1) is 28.3. The summed E-state index contributed by atoms with van der Waals surface area (Å²) in [5.74, 6) is -0.181. The lowest BCUT2D eigenvalue weighted by Crippen LogP contribution is -2.48. The quantitative estimate of drug-likeness (QED) is 0.592. The van der Waals surface area contributed by atoms with Gasteiger partial charge in [-0.2, -0.15) is 0 Å². The highest BCUT2D eigenvalue weighted by Gasteiger charge is 2.27. The lowest BCUT2D eigenvalue weighted by atomic mass is 10.1. The number of amides is 3. The van der Waals surface area contributed by atoms with E-state index in [9.17, 15) is 14.4 Å². The Morgan fingerprint density at radius 3 is 1.56 bits per heavy atom. The van der Waals surface area contributed by atoms with Gasteiger partial charge in [0.25, 0.3) is 0 Å². The van der Waals surface area contributed by atoms with Crippen molar-refractivity contribution in [2.75, 3.05) is 32.1 Å². The van der Waals surface area contributed by atoms with Crippen LogP contribution in [0, 0.1) is 0 Å². The summed E-state index contributed by atoms with van der Waals surface area (Å²) in [6.45, 7) is 13.8. The molecule has 32 heavy (non-hydrogen) atoms. The number of hydrogen-bond acceptors (Lipinski definition) is 6. The molecule has 0 aromatic carbocycles. The van der Waals surface area contributed by atoms with Crippen LogP contribution in [0.1, 0.15) is 67.2 Å². The zero-order valence-corrected chi connectivity index (χ0v) is 21.2. The first-order valence-corrected chi connectivity index (χ1v) is 11.8. The van der Waals surface area contributed by atoms with Crippen molar-refractivity contribution in [3.63, 3.8) is 0 Å². The van der Waals surface area contributed by atoms with E-state index >= 15 is 0 Å². The van der Waals surface area contributed by atoms with E-state index in [-0.39, 0.29) is 36.1 Å². The molecule has 2 heterocycles. The van der Waals surface area contributed by atoms with E-state index in [1.165, 1.54) is 0 Å². The van der Waals surface area contributed by atoms with E-state index in [1.54, 1.807) is 9.80 Å². The van der Waals surface area contributed by atoms with Crippen LogP contribution < -0.4 is 11.1 Å². The SMILES string of the molecule is CC(C)(C)OC(=O)N1CCC(N)CC1.CC(C)(C)OC(=O)N1CCC(NC(=O)CCl)CC1. The van der Waals surface area contributed by atoms with Crippen molar-refractivity contribution < 1.29 is 23.9 Å². The molecule has 0 radical (unpaired) electrons. The van der Waals surface area contributed by atoms with Crippen molar-refractivity contribution in [1.29, 1.82) is 0 Å². The number of carbonyl (C=O) groups excluding carboxylic acids is 3. The van der Waals surface area contributed by atoms with E-state index < -0.39 is 11.2 Å². The molecule has 0 aromatic heterocycles. The number of nitrogens with one attached hydrogen (secondary N) is 1. The van der Waals surface area contributed by atoms with E-state index in [0.717, 1.165) is 38.8 Å². The van der Waals surface area contributed by atoms with Crippen molar-refractivity contribution in [2.24, 2.45) is 5.73 Å². The zero-order chi connectivity index (χ0) is 24.5. The van der Waals surface area contributed by atoms with E-state index in [4.69, 9.17) is 26.8 Å². The Morgan fingerprint density at radius 1 is 0.844 bits per heavy atom. The van der Waals surface area contributed by atoms with Gasteiger partial charge in [0.15, 0.2) is 0 Å². The average molecular weight is 477 g/mol. The topological polar surface area (TPSA) is 114 Å². The molecule has 0 unspecified atom stereocenters. The van der Waals surface area contributed by atoms with Crippen LogP contribution in [-0.4, -0.2) is 83.2 Å². The molecule has 3 amide bonds. The summed E-state index contributed by atoms with van der Waals surface area (Å²) in [6, 6.07) is 0.351. The third-order valence-electron chi connectivity index (χ3n) is 4.82. The molecule has 186 valence electrons. The second kappa shape index (κ2) is 12.5. The molecular weight excluding hydrogens is 436 g/mol. The maximum Gasteiger partial charge on any atom is 0.410 e. The lowest BCUT2D eigenvalue weighted by molar-refractivity contribution is -0.119. The maximum atomic E-state index is 11.8. The van der Waals surface area contributed by atoms with Gasteiger partial charge in [-0.15, -0.1) is 11.6 Å². The highest BCUT2D eigenvalue weighted by atomic mass is 35.5. The van der Waals surface area contributed by atoms with Crippen molar-refractivity contribution in [2.45, 2.75) is 90.5 Å². The molecule has 3 N–H and O–H groups in total. The number of piperidine rings is 2. The van der Waals surface area contributed by atoms with Gasteiger partial charge in [-0.05, 0) is 67.2 Å². The van der Waals surface area contributed by atoms with Crippen LogP contribution in [0.3, 0.4) is 0 Å². The van der Waals surface area contributed by atoms with Crippen LogP contribution in [0.5, 0.6) is 0 Å². The standard InChI is InChI=1S/C12H21ClN2O3.C10H20N2O2/c1-12(2,3)18-11(17)15-6-4-9(5-7-15)14-10(16)8-13;1-10(2,3)14-9(13)12-6-4-8(11)5-7-12/h9H,4-8H2,1-3H3,(H,14,16);8H,4-7,11H2,1-3H3. The van der Waals surface area contributed by atoms with Crippen molar-refractivity contribution in [3.05, 3.63) is 0 Å². The van der Waals surface area contributed by atoms with Gasteiger partial charge in [-0.3, -0.25) is 4.79 Å². The molecule has 10 heteroatoms. The van der Waals surface area contributed by atoms with Crippen LogP contribution >= 0.6 is 11.6 Å². The Hall–Kier alpha value is -1.74. The fraction of sp³-hybridized carbons (Fsp3) is 0.864. The largest absolute Gasteiger partial charge is 0.444 e. The summed E-state index contributed by atoms with van der Waals surface area (Å²) < 4.78 is 10.6. The molecule has 2 rings (SSSR count). The number of rotatable bonds is 2. The molecule has 0 atom stereocenters. The first-order valence-electron chi connectivity index (χ1n) is 11.3. The number of alkyl halides is 1. The molecule has 9 nitrogen and oxygen atoms in total. The minimum Gasteiger partial charge on any atom is -0.444 e. The fourth-order valence-corrected chi connectivity index (χ4v) is 3.28. The molecule has 0 aliphatic carbocycles. The van der Waals surface area contributed by atoms with E-state index in [1.807, 2.05) is 41.5 Å². The average Bonchev–Trinajstić information content (AvgIpc) is 2.66. The summed E-state index contributed by atoms with van der Waals surface area (Å²) in [5, 5.41) is 2.83. The van der Waals surface area contributed by atoms with Gasteiger partial charge < -0.3 is 30.3 Å². The minimum atomic E-state index is -0.471. The van der Waals surface area contributed by atoms with Crippen molar-refractivity contribution in [3.8, 4) is 0 Å². The number of ether oxygens (including phenoxy) is 2. The molecule has 2 fully saturated rings. The van der Waals surface area contributed by atoms with Gasteiger partial charge in [0.1, 0.15) is 17.1 Å². The third-order valence-corrected chi connectivity index (χ3v) is 5.07. The van der Waals surface area contributed by atoms with Gasteiger partial charge in [0.05, 0.1) is 0 Å². The van der Waals surface area contributed by atoms with E-state index in [2.05, 4.69) is 5.32 Å². The van der Waals surface area contributed by atoms with Crippen LogP contribution in [0.15, 0.2) is 0 Å². The Labute approximate surface area is 197 Å². The van der Waals surface area contributed by atoms with Gasteiger partial charge in [-0.25, -0.2) is 9.59 Å². The second-order valence-corrected chi connectivity index (χ2v) is 10.5. The van der Waals surface area contributed by atoms with Crippen molar-refractivity contribution >= 4 is 29.7 Å². The monoisotopic (exact) mass is 476 g/mol. The second-order valence-electron chi connectivity index (χ2n) is 10.2. The highest BCUT2D eigenvalue weighted by Crippen LogP contribution is 2.16. The number of carbonyl (C=O) groups is 3. The summed E-state index contributed by atoms with van der Waals surface area (Å²) in [5.41, 5.74) is 4.87. The van der Waals surface area contributed by atoms with Crippen LogP contribution in [0.25, 0.3) is 0 Å². The minimum absolute atomic E-state index is 0.0215. The van der Waals surface area contributed by atoms with E-state index in [0.29, 0.717) is 13.1 Å². The summed E-state index contributed by atoms with van der Waals surface area (Å²) in [7, 11) is 0. The summed E-state index contributed by atoms with van der Waals surface area (Å²) >= 11 is 5.43. The zero-order valence-electron chi connectivity index (χ0n) is 20.4. The Kier molecular flexibility index (Phi) is 11.0. The highest BCUT2D eigenvalue weighted by molar-refractivity contribution is 6.27. The predicted molar refractivity (Wildman–Crippen MR) is 125 cm³/mol. The molecule has 0 aromatic rings. The molecule has 0 saturated carbocycles. The van der Waals surface area contributed by atoms with Crippen LogP contribution in [-0.2, 0) is 14.3 Å². The predicted octanol–water partition coefficient (Wildman–Crippen LogP) is 3.09. The maximum absolute atomic E-state index is 11.8. The van der Waals surface area contributed by atoms with Gasteiger partial charge in [0.2, 0.25) is 5.91 Å². The third kappa shape index (κ3) is 11.8. The summed E-state index contributed by atoms with van der Waals surface area (Å²) in [6.07, 6.45) is 2.72. The van der Waals surface area contributed by atoms with Crippen LogP contribution in [0.2, 0.25) is 0 Å². The van der Waals surface area contributed by atoms with Gasteiger partial charge in [0, 0.05) is 38.3 Å². The van der Waals surface area contributed by atoms with Gasteiger partial charge in [-0.1, -0.05) is 0 Å². The Bertz CT molecular complexity index is 617. The smallest absolute Gasteiger partial charge is 0.410 e. The molecule has 0 bridgehead atoms. The first-order chi connectivity index (χ1) is 14.7.